The van der Waals surface area contributed by atoms with Gasteiger partial charge in [0.1, 0.15) is 0 Å². The third kappa shape index (κ3) is 4.16. The quantitative estimate of drug-likeness (QED) is 0.643. The van der Waals surface area contributed by atoms with Crippen molar-refractivity contribution in [2.24, 2.45) is 5.92 Å². The molecule has 4 nitrogen and oxygen atoms in total. The summed E-state index contributed by atoms with van der Waals surface area (Å²) in [5, 5.41) is 11.8. The maximum atomic E-state index is 13.3. The van der Waals surface area contributed by atoms with E-state index >= 15 is 0 Å². The van der Waals surface area contributed by atoms with E-state index < -0.39 is 5.82 Å². The van der Waals surface area contributed by atoms with Gasteiger partial charge in [0.2, 0.25) is 5.91 Å². The first-order valence-electron chi connectivity index (χ1n) is 6.73. The number of methoxy groups -OCH3 is 1. The van der Waals surface area contributed by atoms with E-state index in [1.54, 1.807) is 12.1 Å². The molecule has 0 spiro atoms. The van der Waals surface area contributed by atoms with Crippen LogP contribution >= 0.6 is 0 Å². The number of carbonyl (C=O) groups is 1. The minimum Gasteiger partial charge on any atom is -0.494 e. The molecule has 0 bridgehead atoms. The lowest BCUT2D eigenvalue weighted by Gasteiger charge is -2.10. The predicted octanol–water partition coefficient (Wildman–Crippen LogP) is 1.90. The van der Waals surface area contributed by atoms with Crippen LogP contribution in [-0.2, 0) is 4.79 Å². The van der Waals surface area contributed by atoms with Gasteiger partial charge in [-0.3, -0.25) is 4.79 Å². The van der Waals surface area contributed by atoms with E-state index in [9.17, 15) is 9.18 Å². The minimum atomic E-state index is -0.440. The molecule has 1 amide bonds. The Morgan fingerprint density at radius 2 is 2.33 bits per heavy atom. The van der Waals surface area contributed by atoms with Gasteiger partial charge in [-0.15, -0.1) is 0 Å². The van der Waals surface area contributed by atoms with Crippen LogP contribution in [0.5, 0.6) is 5.75 Å². The van der Waals surface area contributed by atoms with E-state index in [-0.39, 0.29) is 30.2 Å². The standard InChI is InChI=1S/C16H18FNO3/c1-21-15-9-11(3-6-14(15)17)4-7-16(20)18-13-5-2-12(8-13)10-19/h2-7,9,12-13,19H,8,10H2,1H3,(H,18,20)/b7-4+/t12-,13+/m0/s1. The first-order valence-corrected chi connectivity index (χ1v) is 6.73. The summed E-state index contributed by atoms with van der Waals surface area (Å²) in [5.41, 5.74) is 0.679. The predicted molar refractivity (Wildman–Crippen MR) is 78.2 cm³/mol. The fourth-order valence-corrected chi connectivity index (χ4v) is 2.20. The van der Waals surface area contributed by atoms with Crippen LogP contribution in [-0.4, -0.2) is 30.8 Å². The molecule has 1 aromatic rings. The van der Waals surface area contributed by atoms with Gasteiger partial charge in [0.05, 0.1) is 7.11 Å². The molecule has 0 fully saturated rings. The lowest BCUT2D eigenvalue weighted by molar-refractivity contribution is -0.116. The summed E-state index contributed by atoms with van der Waals surface area (Å²) in [6.45, 7) is 0.0914. The molecule has 2 rings (SSSR count). The van der Waals surface area contributed by atoms with Crippen molar-refractivity contribution in [2.75, 3.05) is 13.7 Å². The number of aliphatic hydroxyl groups excluding tert-OH is 1. The van der Waals surface area contributed by atoms with Gasteiger partial charge in [-0.1, -0.05) is 18.2 Å². The molecule has 1 aliphatic rings. The number of halogens is 1. The van der Waals surface area contributed by atoms with Crippen LogP contribution in [0.3, 0.4) is 0 Å². The molecule has 0 unspecified atom stereocenters. The third-order valence-electron chi connectivity index (χ3n) is 3.34. The highest BCUT2D eigenvalue weighted by Gasteiger charge is 2.18. The van der Waals surface area contributed by atoms with E-state index in [1.165, 1.54) is 25.3 Å². The summed E-state index contributed by atoms with van der Waals surface area (Å²) in [5.74, 6) is -0.417. The second-order valence-electron chi connectivity index (χ2n) is 4.91. The van der Waals surface area contributed by atoms with Gasteiger partial charge in [0, 0.05) is 24.6 Å². The molecule has 0 aliphatic heterocycles. The van der Waals surface area contributed by atoms with Gasteiger partial charge in [0.15, 0.2) is 11.6 Å². The van der Waals surface area contributed by atoms with E-state index in [0.29, 0.717) is 12.0 Å². The molecule has 5 heteroatoms. The Morgan fingerprint density at radius 1 is 1.52 bits per heavy atom. The number of hydrogen-bond acceptors (Lipinski definition) is 3. The second kappa shape index (κ2) is 7.04. The largest absolute Gasteiger partial charge is 0.494 e. The van der Waals surface area contributed by atoms with Crippen molar-refractivity contribution in [1.82, 2.24) is 5.32 Å². The van der Waals surface area contributed by atoms with Crippen molar-refractivity contribution < 1.29 is 19.0 Å². The van der Waals surface area contributed by atoms with Gasteiger partial charge in [0.25, 0.3) is 0 Å². The molecular formula is C16H18FNO3. The number of ether oxygens (including phenoxy) is 1. The second-order valence-corrected chi connectivity index (χ2v) is 4.91. The number of carbonyl (C=O) groups excluding carboxylic acids is 1. The molecular weight excluding hydrogens is 273 g/mol. The number of rotatable bonds is 5. The Bertz CT molecular complexity index is 569. The Labute approximate surface area is 122 Å². The summed E-state index contributed by atoms with van der Waals surface area (Å²) in [6, 6.07) is 4.33. The molecule has 2 atom stereocenters. The van der Waals surface area contributed by atoms with Crippen molar-refractivity contribution in [2.45, 2.75) is 12.5 Å². The Kier molecular flexibility index (Phi) is 5.11. The fraction of sp³-hybridized carbons (Fsp3) is 0.312. The van der Waals surface area contributed by atoms with E-state index in [4.69, 9.17) is 9.84 Å². The lowest BCUT2D eigenvalue weighted by atomic mass is 10.1. The minimum absolute atomic E-state index is 0.0537. The molecule has 112 valence electrons. The van der Waals surface area contributed by atoms with E-state index in [2.05, 4.69) is 5.32 Å². The number of benzene rings is 1. The zero-order valence-electron chi connectivity index (χ0n) is 11.8. The third-order valence-corrected chi connectivity index (χ3v) is 3.34. The SMILES string of the molecule is COc1cc(/C=C/C(=O)N[C@@H]2C=C[C@H](CO)C2)ccc1F. The van der Waals surface area contributed by atoms with Crippen molar-refractivity contribution in [1.29, 1.82) is 0 Å². The van der Waals surface area contributed by atoms with Gasteiger partial charge >= 0.3 is 0 Å². The van der Waals surface area contributed by atoms with Crippen LogP contribution in [0.15, 0.2) is 36.4 Å². The van der Waals surface area contributed by atoms with Crippen LogP contribution in [0.2, 0.25) is 0 Å². The van der Waals surface area contributed by atoms with Crippen LogP contribution in [0, 0.1) is 11.7 Å². The summed E-state index contributed by atoms with van der Waals surface area (Å²) in [7, 11) is 1.39. The maximum absolute atomic E-state index is 13.3. The molecule has 1 aliphatic carbocycles. The van der Waals surface area contributed by atoms with Crippen LogP contribution in [0.1, 0.15) is 12.0 Å². The summed E-state index contributed by atoms with van der Waals surface area (Å²) in [6.07, 6.45) is 7.49. The Hall–Kier alpha value is -2.14. The Morgan fingerprint density at radius 3 is 3.00 bits per heavy atom. The molecule has 0 heterocycles. The van der Waals surface area contributed by atoms with Crippen molar-refractivity contribution in [3.63, 3.8) is 0 Å². The number of nitrogens with one attached hydrogen (secondary N) is 1. The number of hydrogen-bond donors (Lipinski definition) is 2. The van der Waals surface area contributed by atoms with Gasteiger partial charge in [-0.25, -0.2) is 4.39 Å². The summed E-state index contributed by atoms with van der Waals surface area (Å²) >= 11 is 0. The molecule has 0 saturated carbocycles. The highest BCUT2D eigenvalue weighted by Crippen LogP contribution is 2.19. The highest BCUT2D eigenvalue weighted by molar-refractivity contribution is 5.92. The molecule has 21 heavy (non-hydrogen) atoms. The smallest absolute Gasteiger partial charge is 0.244 e. The molecule has 0 saturated heterocycles. The molecule has 2 N–H and O–H groups in total. The highest BCUT2D eigenvalue weighted by atomic mass is 19.1. The fourth-order valence-electron chi connectivity index (χ4n) is 2.20. The first-order chi connectivity index (χ1) is 10.1. The lowest BCUT2D eigenvalue weighted by Crippen LogP contribution is -2.31. The topological polar surface area (TPSA) is 58.6 Å². The van der Waals surface area contributed by atoms with Gasteiger partial charge in [-0.05, 0) is 30.2 Å². The van der Waals surface area contributed by atoms with Gasteiger partial charge in [-0.2, -0.15) is 0 Å². The summed E-state index contributed by atoms with van der Waals surface area (Å²) < 4.78 is 18.1. The van der Waals surface area contributed by atoms with Crippen LogP contribution in [0.25, 0.3) is 6.08 Å². The zero-order chi connectivity index (χ0) is 15.2. The van der Waals surface area contributed by atoms with Crippen LogP contribution < -0.4 is 10.1 Å². The molecule has 0 aromatic heterocycles. The zero-order valence-corrected chi connectivity index (χ0v) is 11.8. The summed E-state index contributed by atoms with van der Waals surface area (Å²) in [4.78, 5) is 11.8. The maximum Gasteiger partial charge on any atom is 0.244 e. The molecule has 1 aromatic carbocycles. The monoisotopic (exact) mass is 291 g/mol. The number of aliphatic hydroxyl groups is 1. The van der Waals surface area contributed by atoms with Gasteiger partial charge < -0.3 is 15.2 Å². The Balaban J connectivity index is 1.92. The average Bonchev–Trinajstić information content (AvgIpc) is 2.94. The molecule has 0 radical (unpaired) electrons. The van der Waals surface area contributed by atoms with E-state index in [1.807, 2.05) is 12.2 Å². The van der Waals surface area contributed by atoms with Crippen molar-refractivity contribution in [3.8, 4) is 5.75 Å². The van der Waals surface area contributed by atoms with Crippen molar-refractivity contribution >= 4 is 12.0 Å². The van der Waals surface area contributed by atoms with Crippen molar-refractivity contribution in [3.05, 3.63) is 47.8 Å². The van der Waals surface area contributed by atoms with E-state index in [0.717, 1.165) is 0 Å². The van der Waals surface area contributed by atoms with Crippen LogP contribution in [0.4, 0.5) is 4.39 Å². The normalized spacial score (nSPS) is 20.9. The average molecular weight is 291 g/mol. The first kappa shape index (κ1) is 15.3. The number of amides is 1.